The molecule has 0 aliphatic heterocycles. The van der Waals surface area contributed by atoms with E-state index in [0.29, 0.717) is 13.0 Å². The first kappa shape index (κ1) is 13.1. The van der Waals surface area contributed by atoms with Gasteiger partial charge in [-0.1, -0.05) is 18.2 Å². The summed E-state index contributed by atoms with van der Waals surface area (Å²) in [6.07, 6.45) is 8.29. The van der Waals surface area contributed by atoms with Crippen LogP contribution in [0.2, 0.25) is 0 Å². The minimum atomic E-state index is 0.0633. The van der Waals surface area contributed by atoms with Crippen LogP contribution in [-0.2, 0) is 6.42 Å². The number of nitrogens with zero attached hydrogens (tertiary/aromatic N) is 2. The second-order valence-electron chi connectivity index (χ2n) is 4.16. The fourth-order valence-corrected chi connectivity index (χ4v) is 1.85. The minimum Gasteiger partial charge on any atom is -0.508 e. The van der Waals surface area contributed by atoms with Crippen molar-refractivity contribution in [2.45, 2.75) is 6.42 Å². The highest BCUT2D eigenvalue weighted by Crippen LogP contribution is 2.22. The zero-order valence-corrected chi connectivity index (χ0v) is 10.7. The molecule has 1 aliphatic rings. The first-order chi connectivity index (χ1) is 9.20. The summed E-state index contributed by atoms with van der Waals surface area (Å²) < 4.78 is 0. The number of aliphatic imine (C=N–C) groups is 2. The highest BCUT2D eigenvalue weighted by molar-refractivity contribution is 6.51. The number of rotatable bonds is 3. The van der Waals surface area contributed by atoms with Gasteiger partial charge in [0.1, 0.15) is 11.5 Å². The van der Waals surface area contributed by atoms with E-state index in [1.165, 1.54) is 6.07 Å². The molecule has 0 aromatic heterocycles. The zero-order chi connectivity index (χ0) is 13.7. The van der Waals surface area contributed by atoms with Gasteiger partial charge < -0.3 is 10.2 Å². The summed E-state index contributed by atoms with van der Waals surface area (Å²) in [7, 11) is 1.74. The van der Waals surface area contributed by atoms with Crippen molar-refractivity contribution in [3.8, 4) is 11.5 Å². The van der Waals surface area contributed by atoms with Crippen molar-refractivity contribution in [1.82, 2.24) is 0 Å². The van der Waals surface area contributed by atoms with Crippen molar-refractivity contribution >= 4 is 11.4 Å². The van der Waals surface area contributed by atoms with E-state index < -0.39 is 0 Å². The third-order valence-corrected chi connectivity index (χ3v) is 2.85. The summed E-state index contributed by atoms with van der Waals surface area (Å²) in [5.74, 6) is 0.164. The SMILES string of the molecule is C/N=C1/C=CC=C/C1=N/CCc1ccc(O)cc1O. The van der Waals surface area contributed by atoms with Crippen molar-refractivity contribution in [3.05, 3.63) is 48.1 Å². The summed E-state index contributed by atoms with van der Waals surface area (Å²) >= 11 is 0. The van der Waals surface area contributed by atoms with Crippen molar-refractivity contribution in [2.24, 2.45) is 9.98 Å². The quantitative estimate of drug-likeness (QED) is 0.815. The summed E-state index contributed by atoms with van der Waals surface area (Å²) in [5.41, 5.74) is 2.48. The maximum absolute atomic E-state index is 9.67. The lowest BCUT2D eigenvalue weighted by Crippen LogP contribution is -2.12. The molecule has 0 unspecified atom stereocenters. The molecule has 4 nitrogen and oxygen atoms in total. The molecule has 1 aliphatic carbocycles. The Bertz CT molecular complexity index is 584. The van der Waals surface area contributed by atoms with Gasteiger partial charge in [0, 0.05) is 19.7 Å². The smallest absolute Gasteiger partial charge is 0.122 e. The van der Waals surface area contributed by atoms with Crippen LogP contribution in [0.5, 0.6) is 11.5 Å². The number of allylic oxidation sites excluding steroid dienone is 4. The number of hydrogen-bond acceptors (Lipinski definition) is 4. The van der Waals surface area contributed by atoms with Crippen LogP contribution in [0.15, 0.2) is 52.5 Å². The van der Waals surface area contributed by atoms with Crippen molar-refractivity contribution < 1.29 is 10.2 Å². The Morgan fingerprint density at radius 3 is 2.47 bits per heavy atom. The third kappa shape index (κ3) is 3.31. The maximum Gasteiger partial charge on any atom is 0.122 e. The fraction of sp³-hybridized carbons (Fsp3) is 0.200. The molecule has 0 heterocycles. The van der Waals surface area contributed by atoms with Crippen LogP contribution in [0.1, 0.15) is 5.56 Å². The maximum atomic E-state index is 9.67. The number of hydrogen-bond donors (Lipinski definition) is 2. The van der Waals surface area contributed by atoms with Gasteiger partial charge in [-0.05, 0) is 30.2 Å². The molecular formula is C15H16N2O2. The lowest BCUT2D eigenvalue weighted by molar-refractivity contribution is 0.446. The lowest BCUT2D eigenvalue weighted by Gasteiger charge is -2.06. The Balaban J connectivity index is 2.03. The average molecular weight is 256 g/mol. The van der Waals surface area contributed by atoms with Crippen LogP contribution in [0, 0.1) is 0 Å². The highest BCUT2D eigenvalue weighted by atomic mass is 16.3. The molecule has 2 N–H and O–H groups in total. The summed E-state index contributed by atoms with van der Waals surface area (Å²) in [4.78, 5) is 8.62. The molecule has 4 heteroatoms. The molecule has 2 rings (SSSR count). The normalized spacial score (nSPS) is 18.4. The van der Waals surface area contributed by atoms with E-state index in [9.17, 15) is 10.2 Å². The Kier molecular flexibility index (Phi) is 4.13. The van der Waals surface area contributed by atoms with Crippen LogP contribution in [0.4, 0.5) is 0 Å². The van der Waals surface area contributed by atoms with Crippen LogP contribution < -0.4 is 0 Å². The first-order valence-corrected chi connectivity index (χ1v) is 6.08. The predicted molar refractivity (Wildman–Crippen MR) is 77.4 cm³/mol. The monoisotopic (exact) mass is 256 g/mol. The van der Waals surface area contributed by atoms with E-state index in [0.717, 1.165) is 17.0 Å². The van der Waals surface area contributed by atoms with Crippen LogP contribution in [0.25, 0.3) is 0 Å². The van der Waals surface area contributed by atoms with Gasteiger partial charge in [-0.3, -0.25) is 9.98 Å². The van der Waals surface area contributed by atoms with E-state index in [1.54, 1.807) is 19.2 Å². The summed E-state index contributed by atoms with van der Waals surface area (Å²) in [6.45, 7) is 0.560. The standard InChI is InChI=1S/C15H16N2O2/c1-16-13-4-2-3-5-14(13)17-9-8-11-6-7-12(18)10-15(11)19/h2-7,10,18-19H,8-9H2,1H3/b16-13-,17-14-. The summed E-state index contributed by atoms with van der Waals surface area (Å²) in [5, 5.41) is 18.9. The molecular weight excluding hydrogens is 240 g/mol. The number of aromatic hydroxyl groups is 2. The van der Waals surface area contributed by atoms with Gasteiger partial charge in [-0.15, -0.1) is 0 Å². The van der Waals surface area contributed by atoms with E-state index in [2.05, 4.69) is 9.98 Å². The molecule has 98 valence electrons. The molecule has 0 bridgehead atoms. The Labute approximate surface area is 112 Å². The minimum absolute atomic E-state index is 0.0633. The topological polar surface area (TPSA) is 65.2 Å². The van der Waals surface area contributed by atoms with E-state index >= 15 is 0 Å². The molecule has 0 atom stereocenters. The van der Waals surface area contributed by atoms with Gasteiger partial charge in [0.2, 0.25) is 0 Å². The number of phenolic OH excluding ortho intramolecular Hbond substituents is 2. The third-order valence-electron chi connectivity index (χ3n) is 2.85. The van der Waals surface area contributed by atoms with Crippen molar-refractivity contribution in [3.63, 3.8) is 0 Å². The van der Waals surface area contributed by atoms with Gasteiger partial charge in [0.05, 0.1) is 11.4 Å². The molecule has 1 aromatic rings. The molecule has 0 radical (unpaired) electrons. The van der Waals surface area contributed by atoms with Gasteiger partial charge >= 0.3 is 0 Å². The number of phenols is 2. The van der Waals surface area contributed by atoms with Gasteiger partial charge in [-0.25, -0.2) is 0 Å². The van der Waals surface area contributed by atoms with E-state index in [-0.39, 0.29) is 11.5 Å². The number of benzene rings is 1. The molecule has 0 saturated carbocycles. The second kappa shape index (κ2) is 6.00. The molecule has 1 aromatic carbocycles. The van der Waals surface area contributed by atoms with Gasteiger partial charge in [0.25, 0.3) is 0 Å². The van der Waals surface area contributed by atoms with Crippen LogP contribution in [0.3, 0.4) is 0 Å². The second-order valence-corrected chi connectivity index (χ2v) is 4.16. The van der Waals surface area contributed by atoms with Crippen molar-refractivity contribution in [2.75, 3.05) is 13.6 Å². The molecule has 0 amide bonds. The zero-order valence-electron chi connectivity index (χ0n) is 10.7. The predicted octanol–water partition coefficient (Wildman–Crippen LogP) is 2.28. The fourth-order valence-electron chi connectivity index (χ4n) is 1.85. The molecule has 19 heavy (non-hydrogen) atoms. The Morgan fingerprint density at radius 2 is 1.79 bits per heavy atom. The van der Waals surface area contributed by atoms with Crippen LogP contribution in [-0.4, -0.2) is 35.2 Å². The molecule has 0 fully saturated rings. The van der Waals surface area contributed by atoms with Crippen molar-refractivity contribution in [1.29, 1.82) is 0 Å². The highest BCUT2D eigenvalue weighted by Gasteiger charge is 2.05. The van der Waals surface area contributed by atoms with E-state index in [1.807, 2.05) is 24.3 Å². The van der Waals surface area contributed by atoms with Gasteiger partial charge in [0.15, 0.2) is 0 Å². The molecule has 0 spiro atoms. The van der Waals surface area contributed by atoms with E-state index in [4.69, 9.17) is 0 Å². The average Bonchev–Trinajstić information content (AvgIpc) is 2.42. The Hall–Kier alpha value is -2.36. The molecule has 0 saturated heterocycles. The largest absolute Gasteiger partial charge is 0.508 e. The summed E-state index contributed by atoms with van der Waals surface area (Å²) in [6, 6.07) is 4.60. The van der Waals surface area contributed by atoms with Gasteiger partial charge in [-0.2, -0.15) is 0 Å². The van der Waals surface area contributed by atoms with Crippen LogP contribution >= 0.6 is 0 Å². The lowest BCUT2D eigenvalue weighted by atomic mass is 10.1. The first-order valence-electron chi connectivity index (χ1n) is 6.08. The Morgan fingerprint density at radius 1 is 1.05 bits per heavy atom.